The van der Waals surface area contributed by atoms with Crippen LogP contribution in [-0.4, -0.2) is 39.5 Å². The molecule has 3 heterocycles. The zero-order valence-corrected chi connectivity index (χ0v) is 15.8. The molecule has 6 nitrogen and oxygen atoms in total. The topological polar surface area (TPSA) is 55.6 Å². The molecule has 4 rings (SSSR count). The van der Waals surface area contributed by atoms with Crippen LogP contribution in [-0.2, 0) is 10.2 Å². The molecule has 0 radical (unpaired) electrons. The van der Waals surface area contributed by atoms with Crippen molar-refractivity contribution in [2.24, 2.45) is 0 Å². The van der Waals surface area contributed by atoms with Crippen molar-refractivity contribution in [1.29, 1.82) is 0 Å². The van der Waals surface area contributed by atoms with E-state index in [-0.39, 0.29) is 11.5 Å². The van der Waals surface area contributed by atoms with Crippen LogP contribution in [0, 0.1) is 6.92 Å². The summed E-state index contributed by atoms with van der Waals surface area (Å²) < 4.78 is 7.91. The molecule has 1 aliphatic heterocycles. The Hall–Kier alpha value is -2.47. The highest BCUT2D eigenvalue weighted by molar-refractivity contribution is 5.47. The van der Waals surface area contributed by atoms with Crippen LogP contribution in [0.5, 0.6) is 0 Å². The number of aryl methyl sites for hydroxylation is 1. The fourth-order valence-corrected chi connectivity index (χ4v) is 3.41. The van der Waals surface area contributed by atoms with Crippen molar-refractivity contribution in [3.63, 3.8) is 0 Å². The zero-order chi connectivity index (χ0) is 18.3. The molecule has 0 N–H and O–H groups in total. The Morgan fingerprint density at radius 3 is 2.65 bits per heavy atom. The first-order chi connectivity index (χ1) is 12.4. The number of hydrogen-bond acceptors (Lipinski definition) is 5. The maximum absolute atomic E-state index is 6.05. The molecule has 0 spiro atoms. The number of benzene rings is 1. The second-order valence-corrected chi connectivity index (χ2v) is 7.90. The summed E-state index contributed by atoms with van der Waals surface area (Å²) in [6, 6.07) is 12.4. The number of aromatic nitrogens is 4. The quantitative estimate of drug-likeness (QED) is 0.709. The summed E-state index contributed by atoms with van der Waals surface area (Å²) in [6.07, 6.45) is 0.0606. The number of morpholine rings is 1. The fourth-order valence-electron chi connectivity index (χ4n) is 3.41. The van der Waals surface area contributed by atoms with E-state index in [1.54, 1.807) is 0 Å². The maximum atomic E-state index is 6.05. The third kappa shape index (κ3) is 3.05. The van der Waals surface area contributed by atoms with Gasteiger partial charge in [-0.2, -0.15) is 4.52 Å². The second-order valence-electron chi connectivity index (χ2n) is 7.90. The van der Waals surface area contributed by atoms with Crippen LogP contribution in [0.25, 0.3) is 5.65 Å². The molecule has 1 fully saturated rings. The van der Waals surface area contributed by atoms with Gasteiger partial charge < -0.3 is 9.64 Å². The smallest absolute Gasteiger partial charge is 0.178 e. The van der Waals surface area contributed by atoms with E-state index in [0.717, 1.165) is 30.4 Å². The number of anilines is 1. The van der Waals surface area contributed by atoms with Gasteiger partial charge in [-0.3, -0.25) is 0 Å². The summed E-state index contributed by atoms with van der Waals surface area (Å²) in [6.45, 7) is 10.8. The van der Waals surface area contributed by atoms with Gasteiger partial charge in [0.15, 0.2) is 11.5 Å². The molecule has 6 heteroatoms. The van der Waals surface area contributed by atoms with Gasteiger partial charge in [0, 0.05) is 18.5 Å². The minimum atomic E-state index is -0.111. The summed E-state index contributed by atoms with van der Waals surface area (Å²) in [5.74, 6) is 1.81. The van der Waals surface area contributed by atoms with Gasteiger partial charge >= 0.3 is 0 Å². The maximum Gasteiger partial charge on any atom is 0.178 e. The molecule has 0 amide bonds. The van der Waals surface area contributed by atoms with E-state index < -0.39 is 0 Å². The average Bonchev–Trinajstić information content (AvgIpc) is 3.06. The van der Waals surface area contributed by atoms with E-state index in [1.807, 2.05) is 16.6 Å². The second kappa shape index (κ2) is 6.36. The van der Waals surface area contributed by atoms with Crippen molar-refractivity contribution in [1.82, 2.24) is 19.8 Å². The highest BCUT2D eigenvalue weighted by Crippen LogP contribution is 2.28. The molecule has 1 atom stereocenters. The van der Waals surface area contributed by atoms with Gasteiger partial charge in [0.05, 0.1) is 6.61 Å². The van der Waals surface area contributed by atoms with Gasteiger partial charge in [0.2, 0.25) is 0 Å². The Morgan fingerprint density at radius 1 is 1.08 bits per heavy atom. The molecule has 3 aromatic rings. The van der Waals surface area contributed by atoms with Gasteiger partial charge in [-0.25, -0.2) is 0 Å². The van der Waals surface area contributed by atoms with E-state index in [4.69, 9.17) is 9.84 Å². The predicted molar refractivity (Wildman–Crippen MR) is 102 cm³/mol. The average molecular weight is 351 g/mol. The minimum absolute atomic E-state index is 0.0606. The van der Waals surface area contributed by atoms with Crippen LogP contribution in [0.4, 0.5) is 5.82 Å². The van der Waals surface area contributed by atoms with Crippen molar-refractivity contribution in [2.75, 3.05) is 24.6 Å². The molecule has 1 aromatic carbocycles. The summed E-state index contributed by atoms with van der Waals surface area (Å²) in [5, 5.41) is 13.4. The predicted octanol–water partition coefficient (Wildman–Crippen LogP) is 3.31. The molecule has 26 heavy (non-hydrogen) atoms. The van der Waals surface area contributed by atoms with Crippen molar-refractivity contribution in [3.8, 4) is 0 Å². The van der Waals surface area contributed by atoms with E-state index >= 15 is 0 Å². The van der Waals surface area contributed by atoms with Crippen LogP contribution in [0.3, 0.4) is 0 Å². The van der Waals surface area contributed by atoms with Crippen LogP contribution in [0.15, 0.2) is 36.4 Å². The molecule has 1 unspecified atom stereocenters. The van der Waals surface area contributed by atoms with Gasteiger partial charge in [-0.1, -0.05) is 45.0 Å². The lowest BCUT2D eigenvalue weighted by Crippen LogP contribution is -2.39. The van der Waals surface area contributed by atoms with Crippen molar-refractivity contribution in [2.45, 2.75) is 39.2 Å². The van der Waals surface area contributed by atoms with Crippen molar-refractivity contribution in [3.05, 3.63) is 53.3 Å². The Morgan fingerprint density at radius 2 is 1.88 bits per heavy atom. The minimum Gasteiger partial charge on any atom is -0.370 e. The first-order valence-corrected chi connectivity index (χ1v) is 9.08. The SMILES string of the molecule is Cc1ccccc1C1CN(c2ccc3nnc(C(C)(C)C)n3n2)CCO1. The monoisotopic (exact) mass is 351 g/mol. The number of rotatable bonds is 2. The molecule has 1 aliphatic rings. The fraction of sp³-hybridized carbons (Fsp3) is 0.450. The molecule has 1 saturated heterocycles. The third-order valence-electron chi connectivity index (χ3n) is 4.85. The van der Waals surface area contributed by atoms with Gasteiger partial charge in [-0.05, 0) is 30.2 Å². The Labute approximate surface area is 153 Å². The van der Waals surface area contributed by atoms with Crippen molar-refractivity contribution < 1.29 is 4.74 Å². The molecule has 0 bridgehead atoms. The Balaban J connectivity index is 1.66. The molecule has 0 aliphatic carbocycles. The van der Waals surface area contributed by atoms with E-state index in [2.05, 4.69) is 67.1 Å². The Kier molecular flexibility index (Phi) is 4.15. The number of ether oxygens (including phenoxy) is 1. The largest absolute Gasteiger partial charge is 0.370 e. The van der Waals surface area contributed by atoms with Crippen molar-refractivity contribution >= 4 is 11.5 Å². The van der Waals surface area contributed by atoms with Crippen LogP contribution < -0.4 is 4.90 Å². The summed E-state index contributed by atoms with van der Waals surface area (Å²) in [7, 11) is 0. The van der Waals surface area contributed by atoms with Gasteiger partial charge in [-0.15, -0.1) is 15.3 Å². The zero-order valence-electron chi connectivity index (χ0n) is 15.8. The summed E-state index contributed by atoms with van der Waals surface area (Å²) >= 11 is 0. The Bertz CT molecular complexity index is 927. The highest BCUT2D eigenvalue weighted by atomic mass is 16.5. The standard InChI is InChI=1S/C20H25N5O/c1-14-7-5-6-8-15(14)16-13-24(11-12-26-16)18-10-9-17-21-22-19(20(2,3)4)25(17)23-18/h5-10,16H,11-13H2,1-4H3. The first kappa shape index (κ1) is 17.0. The normalized spacial score (nSPS) is 18.5. The number of hydrogen-bond donors (Lipinski definition) is 0. The third-order valence-corrected chi connectivity index (χ3v) is 4.85. The van der Waals surface area contributed by atoms with E-state index in [9.17, 15) is 0 Å². The van der Waals surface area contributed by atoms with E-state index in [0.29, 0.717) is 6.61 Å². The lowest BCUT2D eigenvalue weighted by atomic mass is 9.96. The molecule has 2 aromatic heterocycles. The number of fused-ring (bicyclic) bond motifs is 1. The molecular weight excluding hydrogens is 326 g/mol. The van der Waals surface area contributed by atoms with Crippen LogP contribution in [0.1, 0.15) is 43.8 Å². The van der Waals surface area contributed by atoms with Crippen LogP contribution >= 0.6 is 0 Å². The summed E-state index contributed by atoms with van der Waals surface area (Å²) in [5.41, 5.74) is 3.18. The van der Waals surface area contributed by atoms with Gasteiger partial charge in [0.1, 0.15) is 11.9 Å². The number of nitrogens with zero attached hydrogens (tertiary/aromatic N) is 5. The first-order valence-electron chi connectivity index (χ1n) is 9.08. The molecular formula is C20H25N5O. The summed E-state index contributed by atoms with van der Waals surface area (Å²) in [4.78, 5) is 2.28. The van der Waals surface area contributed by atoms with Gasteiger partial charge in [0.25, 0.3) is 0 Å². The van der Waals surface area contributed by atoms with Crippen LogP contribution in [0.2, 0.25) is 0 Å². The van der Waals surface area contributed by atoms with E-state index in [1.165, 1.54) is 11.1 Å². The lowest BCUT2D eigenvalue weighted by molar-refractivity contribution is 0.0390. The molecule has 136 valence electrons. The lowest BCUT2D eigenvalue weighted by Gasteiger charge is -2.34. The molecule has 0 saturated carbocycles. The highest BCUT2D eigenvalue weighted by Gasteiger charge is 2.26.